The van der Waals surface area contributed by atoms with Gasteiger partial charge in [0.25, 0.3) is 0 Å². The Kier molecular flexibility index (Phi) is 5.06. The van der Waals surface area contributed by atoms with Crippen LogP contribution in [0.15, 0.2) is 35.6 Å². The number of nitrogens with zero attached hydrogens (tertiary/aromatic N) is 2. The molecule has 0 aromatic heterocycles. The van der Waals surface area contributed by atoms with Crippen molar-refractivity contribution in [2.45, 2.75) is 0 Å². The Morgan fingerprint density at radius 1 is 1.27 bits per heavy atom. The molecule has 0 bridgehead atoms. The van der Waals surface area contributed by atoms with E-state index >= 15 is 0 Å². The topological polar surface area (TPSA) is 52.9 Å². The zero-order valence-corrected chi connectivity index (χ0v) is 5.14. The summed E-state index contributed by atoms with van der Waals surface area (Å²) in [7, 11) is 0. The molecular weight excluding hydrogens is 155 g/mol. The van der Waals surface area contributed by atoms with E-state index in [1.807, 2.05) is 0 Å². The number of benzene rings is 1. The minimum atomic E-state index is 0. The molecular formula is C6H7N2NaO2. The summed E-state index contributed by atoms with van der Waals surface area (Å²) in [5.74, 6) is 0. The van der Waals surface area contributed by atoms with E-state index in [1.54, 1.807) is 30.3 Å². The molecule has 1 aromatic carbocycles. The first-order chi connectivity index (χ1) is 4.84. The fourth-order valence-electron chi connectivity index (χ4n) is 0.608. The molecule has 0 atom stereocenters. The Labute approximate surface area is 86.0 Å². The van der Waals surface area contributed by atoms with Crippen molar-refractivity contribution in [2.75, 3.05) is 5.17 Å². The second-order valence-corrected chi connectivity index (χ2v) is 1.71. The predicted molar refractivity (Wildman–Crippen MR) is 43.7 cm³/mol. The van der Waals surface area contributed by atoms with E-state index in [4.69, 9.17) is 5.21 Å². The van der Waals surface area contributed by atoms with Crippen LogP contribution < -0.4 is 5.17 Å². The average Bonchev–Trinajstić information content (AvgIpc) is 2.05. The van der Waals surface area contributed by atoms with Gasteiger partial charge in [-0.05, 0) is 12.1 Å². The van der Waals surface area contributed by atoms with Gasteiger partial charge in [0.15, 0.2) is 0 Å². The Bertz CT molecular complexity index is 217. The molecule has 54 valence electrons. The first-order valence-electron chi connectivity index (χ1n) is 2.72. The average molecular weight is 162 g/mol. The van der Waals surface area contributed by atoms with Gasteiger partial charge in [-0.3, -0.25) is 5.21 Å². The van der Waals surface area contributed by atoms with E-state index in [0.717, 1.165) is 0 Å². The minimum absolute atomic E-state index is 0. The monoisotopic (exact) mass is 162 g/mol. The van der Waals surface area contributed by atoms with Crippen LogP contribution >= 0.6 is 0 Å². The molecule has 0 aliphatic heterocycles. The van der Waals surface area contributed by atoms with Gasteiger partial charge >= 0.3 is 29.6 Å². The molecule has 0 fully saturated rings. The Morgan fingerprint density at radius 2 is 1.82 bits per heavy atom. The number of para-hydroxylation sites is 1. The van der Waals surface area contributed by atoms with Crippen molar-refractivity contribution in [2.24, 2.45) is 5.29 Å². The van der Waals surface area contributed by atoms with Crippen molar-refractivity contribution in [1.82, 2.24) is 0 Å². The molecule has 0 radical (unpaired) electrons. The van der Waals surface area contributed by atoms with E-state index in [-0.39, 0.29) is 34.7 Å². The van der Waals surface area contributed by atoms with Gasteiger partial charge in [0.05, 0.1) is 11.0 Å². The van der Waals surface area contributed by atoms with E-state index in [9.17, 15) is 4.91 Å². The summed E-state index contributed by atoms with van der Waals surface area (Å²) in [5.41, 5.74) is 0.359. The van der Waals surface area contributed by atoms with Crippen molar-refractivity contribution in [1.29, 1.82) is 0 Å². The van der Waals surface area contributed by atoms with Gasteiger partial charge in [0.1, 0.15) is 0 Å². The number of hydrogen-bond donors (Lipinski definition) is 1. The summed E-state index contributed by atoms with van der Waals surface area (Å²) in [4.78, 5) is 9.73. The van der Waals surface area contributed by atoms with Crippen LogP contribution in [0.5, 0.6) is 0 Å². The summed E-state index contributed by atoms with van der Waals surface area (Å²) in [5, 5.41) is 11.3. The molecule has 0 saturated heterocycles. The second-order valence-electron chi connectivity index (χ2n) is 1.71. The van der Waals surface area contributed by atoms with E-state index in [2.05, 4.69) is 5.29 Å². The Hall–Kier alpha value is -0.420. The molecule has 4 nitrogen and oxygen atoms in total. The van der Waals surface area contributed by atoms with Crippen LogP contribution in [-0.4, -0.2) is 34.8 Å². The van der Waals surface area contributed by atoms with Crippen molar-refractivity contribution in [3.8, 4) is 0 Å². The van der Waals surface area contributed by atoms with E-state index < -0.39 is 0 Å². The van der Waals surface area contributed by atoms with Crippen LogP contribution in [0.4, 0.5) is 5.69 Å². The van der Waals surface area contributed by atoms with Crippen molar-refractivity contribution in [3.05, 3.63) is 35.2 Å². The van der Waals surface area contributed by atoms with Gasteiger partial charge in [-0.15, -0.1) is 10.1 Å². The molecule has 0 heterocycles. The third-order valence-corrected chi connectivity index (χ3v) is 1.06. The van der Waals surface area contributed by atoms with Crippen LogP contribution in [0.2, 0.25) is 0 Å². The zero-order valence-electron chi connectivity index (χ0n) is 5.14. The molecule has 11 heavy (non-hydrogen) atoms. The standard InChI is InChI=1S/C6H6N2O2.Na.H/c9-7-8(10)6-4-2-1-3-5-6;;/h1-5,10H;;. The third-order valence-electron chi connectivity index (χ3n) is 1.06. The maximum atomic E-state index is 9.73. The molecule has 1 N–H and O–H groups in total. The van der Waals surface area contributed by atoms with Gasteiger partial charge in [0, 0.05) is 0 Å². The van der Waals surface area contributed by atoms with Crippen LogP contribution in [0.3, 0.4) is 0 Å². The van der Waals surface area contributed by atoms with E-state index in [1.165, 1.54) is 0 Å². The van der Waals surface area contributed by atoms with Crippen molar-refractivity contribution in [3.63, 3.8) is 0 Å². The number of anilines is 1. The molecule has 0 saturated carbocycles. The van der Waals surface area contributed by atoms with Gasteiger partial charge in [-0.25, -0.2) is 0 Å². The maximum absolute atomic E-state index is 9.73. The van der Waals surface area contributed by atoms with Gasteiger partial charge in [-0.1, -0.05) is 18.2 Å². The molecule has 0 aliphatic carbocycles. The fourth-order valence-corrected chi connectivity index (χ4v) is 0.608. The Balaban J connectivity index is 0.000001000. The normalized spacial score (nSPS) is 8.09. The molecule has 0 amide bonds. The van der Waals surface area contributed by atoms with E-state index in [0.29, 0.717) is 5.69 Å². The third kappa shape index (κ3) is 2.98. The first kappa shape index (κ1) is 10.6. The zero-order chi connectivity index (χ0) is 7.40. The molecule has 0 aliphatic rings. The summed E-state index contributed by atoms with van der Waals surface area (Å²) < 4.78 is 0. The SMILES string of the molecule is O=NN(O)c1ccccc1.[NaH]. The predicted octanol–water partition coefficient (Wildman–Crippen LogP) is 0.915. The summed E-state index contributed by atoms with van der Waals surface area (Å²) in [6.07, 6.45) is 0. The first-order valence-corrected chi connectivity index (χ1v) is 2.72. The second kappa shape index (κ2) is 5.26. The summed E-state index contributed by atoms with van der Waals surface area (Å²) in [6, 6.07) is 8.32. The Morgan fingerprint density at radius 3 is 2.27 bits per heavy atom. The number of nitroso groups, excluding NO2 is 1. The van der Waals surface area contributed by atoms with Crippen molar-refractivity contribution < 1.29 is 5.21 Å². The van der Waals surface area contributed by atoms with Crippen LogP contribution in [0.1, 0.15) is 0 Å². The van der Waals surface area contributed by atoms with Gasteiger partial charge in [0.2, 0.25) is 0 Å². The molecule has 1 aromatic rings. The van der Waals surface area contributed by atoms with Crippen LogP contribution in [-0.2, 0) is 0 Å². The quantitative estimate of drug-likeness (QED) is 0.399. The fraction of sp³-hybridized carbons (Fsp3) is 0. The number of hydrogen-bond acceptors (Lipinski definition) is 3. The van der Waals surface area contributed by atoms with Crippen LogP contribution in [0, 0.1) is 4.91 Å². The molecule has 1 rings (SSSR count). The summed E-state index contributed by atoms with van der Waals surface area (Å²) in [6.45, 7) is 0. The number of rotatable bonds is 2. The summed E-state index contributed by atoms with van der Waals surface area (Å²) >= 11 is 0. The molecule has 0 spiro atoms. The van der Waals surface area contributed by atoms with Gasteiger partial charge in [-0.2, -0.15) is 0 Å². The van der Waals surface area contributed by atoms with Gasteiger partial charge < -0.3 is 0 Å². The molecule has 0 unspecified atom stereocenters. The van der Waals surface area contributed by atoms with Crippen LogP contribution in [0.25, 0.3) is 0 Å². The molecule has 5 heteroatoms. The van der Waals surface area contributed by atoms with Crippen molar-refractivity contribution >= 4 is 35.2 Å².